The van der Waals surface area contributed by atoms with E-state index >= 15 is 0 Å². The Morgan fingerprint density at radius 3 is 2.42 bits per heavy atom. The highest BCUT2D eigenvalue weighted by atomic mass is 35.5. The van der Waals surface area contributed by atoms with Crippen LogP contribution in [0.1, 0.15) is 44.8 Å². The van der Waals surface area contributed by atoms with E-state index in [4.69, 9.17) is 21.1 Å². The van der Waals surface area contributed by atoms with Gasteiger partial charge in [0.2, 0.25) is 0 Å². The van der Waals surface area contributed by atoms with Gasteiger partial charge in [-0.15, -0.1) is 0 Å². The van der Waals surface area contributed by atoms with Crippen molar-refractivity contribution in [3.8, 4) is 11.5 Å². The normalized spacial score (nSPS) is 16.3. The van der Waals surface area contributed by atoms with Gasteiger partial charge in [-0.2, -0.15) is 0 Å². The Morgan fingerprint density at radius 2 is 1.79 bits per heavy atom. The summed E-state index contributed by atoms with van der Waals surface area (Å²) < 4.78 is 11.2. The maximum Gasteiger partial charge on any atom is 0.162 e. The molecule has 0 saturated carbocycles. The quantitative estimate of drug-likeness (QED) is 0.909. The van der Waals surface area contributed by atoms with Gasteiger partial charge in [0.15, 0.2) is 11.5 Å². The number of ether oxygens (including phenoxy) is 2. The Kier molecular flexibility index (Phi) is 4.94. The topological polar surface area (TPSA) is 38.7 Å². The van der Waals surface area contributed by atoms with E-state index in [2.05, 4.69) is 13.8 Å². The van der Waals surface area contributed by atoms with Crippen molar-refractivity contribution in [1.29, 1.82) is 0 Å². The predicted octanol–water partition coefficient (Wildman–Crippen LogP) is 3.97. The fraction of sp³-hybridized carbons (Fsp3) is 0.600. The second kappa shape index (κ2) is 6.49. The Hall–Kier alpha value is -0.930. The molecule has 1 heterocycles. The van der Waals surface area contributed by atoms with Crippen LogP contribution in [0.4, 0.5) is 0 Å². The van der Waals surface area contributed by atoms with Gasteiger partial charge in [0, 0.05) is 18.1 Å². The van der Waals surface area contributed by atoms with Crippen molar-refractivity contribution >= 4 is 11.6 Å². The lowest BCUT2D eigenvalue weighted by Gasteiger charge is -2.16. The summed E-state index contributed by atoms with van der Waals surface area (Å²) in [5.41, 5.74) is 0.728. The van der Waals surface area contributed by atoms with E-state index in [-0.39, 0.29) is 0 Å². The third kappa shape index (κ3) is 3.77. The summed E-state index contributed by atoms with van der Waals surface area (Å²) >= 11 is 6.23. The number of benzene rings is 1. The molecular weight excluding hydrogens is 264 g/mol. The van der Waals surface area contributed by atoms with Crippen LogP contribution in [-0.4, -0.2) is 18.3 Å². The summed E-state index contributed by atoms with van der Waals surface area (Å²) in [6.07, 6.45) is 1.98. The molecule has 0 radical (unpaired) electrons. The van der Waals surface area contributed by atoms with Crippen molar-refractivity contribution in [1.82, 2.24) is 0 Å². The van der Waals surface area contributed by atoms with Crippen molar-refractivity contribution in [3.63, 3.8) is 0 Å². The highest BCUT2D eigenvalue weighted by Gasteiger charge is 2.18. The molecule has 19 heavy (non-hydrogen) atoms. The van der Waals surface area contributed by atoms with Crippen molar-refractivity contribution in [2.24, 2.45) is 5.92 Å². The van der Waals surface area contributed by atoms with Crippen LogP contribution in [0.25, 0.3) is 0 Å². The van der Waals surface area contributed by atoms with Gasteiger partial charge in [0.05, 0.1) is 24.3 Å². The van der Waals surface area contributed by atoms with Gasteiger partial charge >= 0.3 is 0 Å². The lowest BCUT2D eigenvalue weighted by Crippen LogP contribution is -2.02. The van der Waals surface area contributed by atoms with Gasteiger partial charge in [-0.3, -0.25) is 0 Å². The second-order valence-electron chi connectivity index (χ2n) is 5.36. The molecule has 1 aliphatic heterocycles. The van der Waals surface area contributed by atoms with E-state index in [1.807, 2.05) is 6.07 Å². The molecule has 1 atom stereocenters. The monoisotopic (exact) mass is 284 g/mol. The molecule has 106 valence electrons. The smallest absolute Gasteiger partial charge is 0.162 e. The van der Waals surface area contributed by atoms with Crippen LogP contribution in [0.5, 0.6) is 11.5 Å². The van der Waals surface area contributed by atoms with E-state index in [9.17, 15) is 5.11 Å². The Bertz CT molecular complexity index is 432. The summed E-state index contributed by atoms with van der Waals surface area (Å²) in [6.45, 7) is 5.55. The molecule has 4 heteroatoms. The van der Waals surface area contributed by atoms with Gasteiger partial charge in [-0.25, -0.2) is 0 Å². The minimum absolute atomic E-state index is 0.542. The second-order valence-corrected chi connectivity index (χ2v) is 5.77. The average Bonchev–Trinajstić information content (AvgIpc) is 2.59. The summed E-state index contributed by atoms with van der Waals surface area (Å²) in [5.74, 6) is 1.91. The van der Waals surface area contributed by atoms with Gasteiger partial charge < -0.3 is 14.6 Å². The standard InChI is InChI=1S/C15H21ClO3/c1-10(2)4-5-13(17)11-8-14-15(9-12(11)16)19-7-3-6-18-14/h8-10,13,17H,3-7H2,1-2H3. The van der Waals surface area contributed by atoms with Gasteiger partial charge in [-0.1, -0.05) is 25.4 Å². The van der Waals surface area contributed by atoms with E-state index < -0.39 is 6.10 Å². The van der Waals surface area contributed by atoms with Crippen LogP contribution >= 0.6 is 11.6 Å². The zero-order valence-electron chi connectivity index (χ0n) is 11.5. The summed E-state index contributed by atoms with van der Waals surface area (Å²) in [7, 11) is 0. The van der Waals surface area contributed by atoms with Crippen molar-refractivity contribution in [2.45, 2.75) is 39.2 Å². The van der Waals surface area contributed by atoms with E-state index in [0.717, 1.165) is 18.4 Å². The molecule has 0 spiro atoms. The van der Waals surface area contributed by atoms with Gasteiger partial charge in [-0.05, 0) is 24.8 Å². The molecule has 1 aromatic rings. The first-order valence-electron chi connectivity index (χ1n) is 6.85. The molecule has 2 rings (SSSR count). The predicted molar refractivity (Wildman–Crippen MR) is 76.1 cm³/mol. The number of aliphatic hydroxyl groups is 1. The average molecular weight is 285 g/mol. The molecule has 1 aliphatic rings. The Morgan fingerprint density at radius 1 is 1.16 bits per heavy atom. The van der Waals surface area contributed by atoms with Gasteiger partial charge in [0.1, 0.15) is 0 Å². The Balaban J connectivity index is 2.18. The third-order valence-electron chi connectivity index (χ3n) is 3.24. The first-order valence-corrected chi connectivity index (χ1v) is 7.23. The molecule has 1 unspecified atom stereocenters. The van der Waals surface area contributed by atoms with Crippen LogP contribution in [0.3, 0.4) is 0 Å². The fourth-order valence-electron chi connectivity index (χ4n) is 2.10. The van der Waals surface area contributed by atoms with Crippen LogP contribution in [0.15, 0.2) is 12.1 Å². The molecule has 0 saturated heterocycles. The molecule has 3 nitrogen and oxygen atoms in total. The van der Waals surface area contributed by atoms with Crippen molar-refractivity contribution in [2.75, 3.05) is 13.2 Å². The van der Waals surface area contributed by atoms with Crippen LogP contribution in [0, 0.1) is 5.92 Å². The number of fused-ring (bicyclic) bond motifs is 1. The number of rotatable bonds is 4. The SMILES string of the molecule is CC(C)CCC(O)c1cc2c(cc1Cl)OCCCO2. The number of hydrogen-bond donors (Lipinski definition) is 1. The summed E-state index contributed by atoms with van der Waals surface area (Å²) in [5, 5.41) is 10.8. The molecule has 0 bridgehead atoms. The summed E-state index contributed by atoms with van der Waals surface area (Å²) in [6, 6.07) is 3.56. The zero-order valence-corrected chi connectivity index (χ0v) is 12.2. The molecule has 0 fully saturated rings. The van der Waals surface area contributed by atoms with E-state index in [1.54, 1.807) is 6.07 Å². The van der Waals surface area contributed by atoms with Crippen LogP contribution in [-0.2, 0) is 0 Å². The first-order chi connectivity index (χ1) is 9.08. The highest BCUT2D eigenvalue weighted by molar-refractivity contribution is 6.31. The van der Waals surface area contributed by atoms with Crippen LogP contribution < -0.4 is 9.47 Å². The third-order valence-corrected chi connectivity index (χ3v) is 3.57. The van der Waals surface area contributed by atoms with Gasteiger partial charge in [0.25, 0.3) is 0 Å². The molecule has 0 amide bonds. The number of aliphatic hydroxyl groups excluding tert-OH is 1. The fourth-order valence-corrected chi connectivity index (χ4v) is 2.38. The lowest BCUT2D eigenvalue weighted by molar-refractivity contribution is 0.158. The van der Waals surface area contributed by atoms with Crippen LogP contribution in [0.2, 0.25) is 5.02 Å². The minimum atomic E-state index is -0.549. The molecule has 1 N–H and O–H groups in total. The minimum Gasteiger partial charge on any atom is -0.490 e. The van der Waals surface area contributed by atoms with Crippen molar-refractivity contribution in [3.05, 3.63) is 22.7 Å². The number of halogens is 1. The zero-order chi connectivity index (χ0) is 13.8. The maximum absolute atomic E-state index is 10.2. The molecular formula is C15H21ClO3. The van der Waals surface area contributed by atoms with E-state index in [0.29, 0.717) is 42.1 Å². The molecule has 0 aliphatic carbocycles. The highest BCUT2D eigenvalue weighted by Crippen LogP contribution is 2.38. The Labute approximate surface area is 119 Å². The number of hydrogen-bond acceptors (Lipinski definition) is 3. The van der Waals surface area contributed by atoms with Crippen molar-refractivity contribution < 1.29 is 14.6 Å². The van der Waals surface area contributed by atoms with E-state index in [1.165, 1.54) is 0 Å². The first kappa shape index (κ1) is 14.5. The largest absolute Gasteiger partial charge is 0.490 e. The molecule has 1 aromatic carbocycles. The maximum atomic E-state index is 10.2. The molecule has 0 aromatic heterocycles. The summed E-state index contributed by atoms with van der Waals surface area (Å²) in [4.78, 5) is 0. The lowest BCUT2D eigenvalue weighted by atomic mass is 9.99.